The first-order chi connectivity index (χ1) is 11.1. The number of hydrogen-bond donors (Lipinski definition) is 1. The summed E-state index contributed by atoms with van der Waals surface area (Å²) in [5.41, 5.74) is 0. The number of carbonyl (C=O) groups is 2. The summed E-state index contributed by atoms with van der Waals surface area (Å²) < 4.78 is 5.78. The molecule has 0 bridgehead atoms. The van der Waals surface area contributed by atoms with Crippen LogP contribution < -0.4 is 5.32 Å². The van der Waals surface area contributed by atoms with Gasteiger partial charge in [0.1, 0.15) is 6.10 Å². The first kappa shape index (κ1) is 16.6. The van der Waals surface area contributed by atoms with Gasteiger partial charge < -0.3 is 19.9 Å². The van der Waals surface area contributed by atoms with Crippen LogP contribution in [0.1, 0.15) is 44.9 Å². The number of urea groups is 1. The third-order valence-electron chi connectivity index (χ3n) is 5.58. The smallest absolute Gasteiger partial charge is 0.317 e. The summed E-state index contributed by atoms with van der Waals surface area (Å²) in [5.74, 6) is 0.725. The first-order valence-corrected chi connectivity index (χ1v) is 8.97. The fraction of sp³-hybridized carbons (Fsp3) is 0.882. The lowest BCUT2D eigenvalue weighted by Crippen LogP contribution is -2.47. The number of nitrogens with zero attached hydrogens (tertiary/aromatic N) is 2. The second kappa shape index (κ2) is 7.07. The van der Waals surface area contributed by atoms with Gasteiger partial charge in [0.25, 0.3) is 5.91 Å². The van der Waals surface area contributed by atoms with Crippen LogP contribution in [0.25, 0.3) is 0 Å². The molecule has 1 saturated carbocycles. The quantitative estimate of drug-likeness (QED) is 0.858. The van der Waals surface area contributed by atoms with E-state index < -0.39 is 0 Å². The van der Waals surface area contributed by atoms with Crippen LogP contribution in [0.5, 0.6) is 0 Å². The lowest BCUT2D eigenvalue weighted by molar-refractivity contribution is -0.140. The third kappa shape index (κ3) is 3.62. The summed E-state index contributed by atoms with van der Waals surface area (Å²) in [4.78, 5) is 28.0. The van der Waals surface area contributed by atoms with Crippen molar-refractivity contribution in [3.8, 4) is 0 Å². The van der Waals surface area contributed by atoms with Crippen LogP contribution in [0.4, 0.5) is 4.79 Å². The molecule has 3 rings (SSSR count). The van der Waals surface area contributed by atoms with E-state index in [1.165, 1.54) is 19.3 Å². The van der Waals surface area contributed by atoms with Crippen LogP contribution in [-0.4, -0.2) is 67.2 Å². The van der Waals surface area contributed by atoms with Gasteiger partial charge in [-0.15, -0.1) is 0 Å². The predicted octanol–water partition coefficient (Wildman–Crippen LogP) is 1.60. The van der Waals surface area contributed by atoms with Gasteiger partial charge in [0.2, 0.25) is 0 Å². The van der Waals surface area contributed by atoms with Gasteiger partial charge >= 0.3 is 6.03 Å². The van der Waals surface area contributed by atoms with Crippen molar-refractivity contribution in [2.24, 2.45) is 5.92 Å². The summed E-state index contributed by atoms with van der Waals surface area (Å²) in [7, 11) is 3.49. The maximum absolute atomic E-state index is 12.5. The zero-order chi connectivity index (χ0) is 16.4. The van der Waals surface area contributed by atoms with Crippen LogP contribution in [0.2, 0.25) is 0 Å². The number of amides is 3. The molecule has 130 valence electrons. The summed E-state index contributed by atoms with van der Waals surface area (Å²) in [6, 6.07) is 0.488. The molecule has 0 aromatic rings. The SMILES string of the molecule is CN(C)C(=O)C1CCC(CNC(=O)N2CC[C@H]3CCCC[C@H]32)O1. The Bertz CT molecular complexity index is 454. The molecular weight excluding hydrogens is 294 g/mol. The Labute approximate surface area is 138 Å². The largest absolute Gasteiger partial charge is 0.363 e. The minimum atomic E-state index is -0.346. The highest BCUT2D eigenvalue weighted by molar-refractivity contribution is 5.80. The molecule has 2 heterocycles. The van der Waals surface area contributed by atoms with Crippen LogP contribution in [-0.2, 0) is 9.53 Å². The maximum Gasteiger partial charge on any atom is 0.317 e. The van der Waals surface area contributed by atoms with E-state index in [0.717, 1.165) is 32.2 Å². The van der Waals surface area contributed by atoms with Crippen LogP contribution in [0.3, 0.4) is 0 Å². The number of likely N-dealkylation sites (N-methyl/N-ethyl adjacent to an activating group) is 1. The molecule has 1 aliphatic carbocycles. The molecule has 3 fully saturated rings. The number of rotatable bonds is 3. The van der Waals surface area contributed by atoms with Crippen molar-refractivity contribution < 1.29 is 14.3 Å². The fourth-order valence-corrected chi connectivity index (χ4v) is 4.29. The maximum atomic E-state index is 12.5. The van der Waals surface area contributed by atoms with Crippen molar-refractivity contribution in [3.63, 3.8) is 0 Å². The minimum absolute atomic E-state index is 0.0171. The van der Waals surface area contributed by atoms with Crippen LogP contribution in [0, 0.1) is 5.92 Å². The van der Waals surface area contributed by atoms with Gasteiger partial charge in [-0.2, -0.15) is 0 Å². The molecule has 3 aliphatic rings. The number of carbonyl (C=O) groups excluding carboxylic acids is 2. The average Bonchev–Trinajstić information content (AvgIpc) is 3.18. The van der Waals surface area contributed by atoms with Crippen LogP contribution in [0.15, 0.2) is 0 Å². The van der Waals surface area contributed by atoms with Crippen molar-refractivity contribution in [3.05, 3.63) is 0 Å². The molecule has 1 N–H and O–H groups in total. The molecule has 2 aliphatic heterocycles. The fourth-order valence-electron chi connectivity index (χ4n) is 4.29. The minimum Gasteiger partial charge on any atom is -0.363 e. The van der Waals surface area contributed by atoms with E-state index in [9.17, 15) is 9.59 Å². The molecule has 4 atom stereocenters. The van der Waals surface area contributed by atoms with Crippen molar-refractivity contribution >= 4 is 11.9 Å². The Kier molecular flexibility index (Phi) is 5.09. The molecule has 0 aromatic carbocycles. The second-order valence-corrected chi connectivity index (χ2v) is 7.34. The Morgan fingerprint density at radius 3 is 2.70 bits per heavy atom. The van der Waals surface area contributed by atoms with Crippen molar-refractivity contribution in [2.75, 3.05) is 27.2 Å². The zero-order valence-electron chi connectivity index (χ0n) is 14.3. The Morgan fingerprint density at radius 2 is 1.91 bits per heavy atom. The molecule has 6 nitrogen and oxygen atoms in total. The van der Waals surface area contributed by atoms with Crippen LogP contribution >= 0.6 is 0 Å². The Morgan fingerprint density at radius 1 is 1.13 bits per heavy atom. The molecule has 2 saturated heterocycles. The van der Waals surface area contributed by atoms with E-state index >= 15 is 0 Å². The third-order valence-corrected chi connectivity index (χ3v) is 5.58. The number of ether oxygens (including phenoxy) is 1. The molecule has 3 amide bonds. The van der Waals surface area contributed by atoms with E-state index in [-0.39, 0.29) is 24.1 Å². The van der Waals surface area contributed by atoms with E-state index in [4.69, 9.17) is 4.74 Å². The number of likely N-dealkylation sites (tertiary alicyclic amines) is 1. The van der Waals surface area contributed by atoms with Crippen molar-refractivity contribution in [2.45, 2.75) is 63.2 Å². The lowest BCUT2D eigenvalue weighted by atomic mass is 9.85. The van der Waals surface area contributed by atoms with E-state index in [1.807, 2.05) is 4.90 Å². The van der Waals surface area contributed by atoms with Crippen molar-refractivity contribution in [1.82, 2.24) is 15.1 Å². The zero-order valence-corrected chi connectivity index (χ0v) is 14.3. The topological polar surface area (TPSA) is 61.9 Å². The summed E-state index contributed by atoms with van der Waals surface area (Å²) in [6.45, 7) is 1.39. The van der Waals surface area contributed by atoms with Gasteiger partial charge in [-0.1, -0.05) is 12.8 Å². The lowest BCUT2D eigenvalue weighted by Gasteiger charge is -2.31. The highest BCUT2D eigenvalue weighted by Crippen LogP contribution is 2.36. The van der Waals surface area contributed by atoms with E-state index in [1.54, 1.807) is 19.0 Å². The molecule has 23 heavy (non-hydrogen) atoms. The number of fused-ring (bicyclic) bond motifs is 1. The first-order valence-electron chi connectivity index (χ1n) is 8.97. The average molecular weight is 323 g/mol. The van der Waals surface area contributed by atoms with Gasteiger partial charge in [-0.25, -0.2) is 4.79 Å². The van der Waals surface area contributed by atoms with Gasteiger partial charge in [0, 0.05) is 33.2 Å². The van der Waals surface area contributed by atoms with Gasteiger partial charge in [-0.3, -0.25) is 4.79 Å². The number of hydrogen-bond acceptors (Lipinski definition) is 3. The van der Waals surface area contributed by atoms with Gasteiger partial charge in [0.05, 0.1) is 6.10 Å². The summed E-state index contributed by atoms with van der Waals surface area (Å²) in [5, 5.41) is 3.03. The summed E-state index contributed by atoms with van der Waals surface area (Å²) in [6.07, 6.45) is 7.31. The Hall–Kier alpha value is -1.30. The van der Waals surface area contributed by atoms with E-state index in [0.29, 0.717) is 18.5 Å². The normalized spacial score (nSPS) is 33.4. The second-order valence-electron chi connectivity index (χ2n) is 7.34. The summed E-state index contributed by atoms with van der Waals surface area (Å²) >= 11 is 0. The van der Waals surface area contributed by atoms with Gasteiger partial charge in [-0.05, 0) is 38.0 Å². The standard InChI is InChI=1S/C17H29N3O3/c1-19(2)16(21)15-8-7-13(23-15)11-18-17(22)20-10-9-12-5-3-4-6-14(12)20/h12-15H,3-11H2,1-2H3,(H,18,22)/t12-,13?,14-,15?/m1/s1. The number of nitrogens with one attached hydrogen (secondary N) is 1. The molecule has 0 aromatic heterocycles. The Balaban J connectivity index is 1.44. The monoisotopic (exact) mass is 323 g/mol. The molecule has 0 radical (unpaired) electrons. The molecule has 2 unspecified atom stereocenters. The predicted molar refractivity (Wildman–Crippen MR) is 87.1 cm³/mol. The molecular formula is C17H29N3O3. The highest BCUT2D eigenvalue weighted by atomic mass is 16.5. The molecule has 0 spiro atoms. The highest BCUT2D eigenvalue weighted by Gasteiger charge is 2.38. The molecule has 6 heteroatoms. The van der Waals surface area contributed by atoms with E-state index in [2.05, 4.69) is 5.32 Å². The van der Waals surface area contributed by atoms with Crippen molar-refractivity contribution in [1.29, 1.82) is 0 Å². The van der Waals surface area contributed by atoms with Gasteiger partial charge in [0.15, 0.2) is 0 Å².